The summed E-state index contributed by atoms with van der Waals surface area (Å²) in [7, 11) is 0. The second-order valence-electron chi connectivity index (χ2n) is 6.52. The third kappa shape index (κ3) is 3.52. The van der Waals surface area contributed by atoms with Crippen LogP contribution in [0.15, 0.2) is 36.4 Å². The predicted molar refractivity (Wildman–Crippen MR) is 92.6 cm³/mol. The Kier molecular flexibility index (Phi) is 4.73. The zero-order valence-electron chi connectivity index (χ0n) is 14.2. The number of ether oxygens (including phenoxy) is 1. The van der Waals surface area contributed by atoms with E-state index in [2.05, 4.69) is 35.9 Å². The lowest BCUT2D eigenvalue weighted by molar-refractivity contribution is -0.0605. The Bertz CT molecular complexity index is 693. The summed E-state index contributed by atoms with van der Waals surface area (Å²) in [6, 6.07) is 11.7. The fraction of sp³-hybridized carbons (Fsp3) is 0.421. The average molecular weight is 328 g/mol. The van der Waals surface area contributed by atoms with Crippen molar-refractivity contribution in [3.05, 3.63) is 53.3 Å². The first-order valence-electron chi connectivity index (χ1n) is 8.32. The highest BCUT2D eigenvalue weighted by Gasteiger charge is 2.30. The number of carbonyl (C=O) groups excluding carboxylic acids is 1. The van der Waals surface area contributed by atoms with Crippen LogP contribution < -0.4 is 5.32 Å². The molecule has 2 aromatic rings. The van der Waals surface area contributed by atoms with Crippen LogP contribution in [0.2, 0.25) is 0 Å². The molecule has 1 fully saturated rings. The fourth-order valence-electron chi connectivity index (χ4n) is 3.11. The van der Waals surface area contributed by atoms with Gasteiger partial charge in [0.05, 0.1) is 5.60 Å². The number of nitrogens with zero attached hydrogens (tertiary/aromatic N) is 1. The van der Waals surface area contributed by atoms with Gasteiger partial charge in [-0.05, 0) is 50.2 Å². The molecule has 1 aliphatic heterocycles. The smallest absolute Gasteiger partial charge is 0.251 e. The van der Waals surface area contributed by atoms with E-state index in [1.165, 1.54) is 0 Å². The number of carbonyl (C=O) groups is 1. The van der Waals surface area contributed by atoms with Crippen LogP contribution in [0.5, 0.6) is 0 Å². The topological polar surface area (TPSA) is 63.5 Å². The summed E-state index contributed by atoms with van der Waals surface area (Å²) in [6.07, 6.45) is 1.11. The molecule has 1 aliphatic rings. The van der Waals surface area contributed by atoms with Gasteiger partial charge in [0.25, 0.3) is 5.91 Å². The normalized spacial score (nSPS) is 16.8. The zero-order valence-corrected chi connectivity index (χ0v) is 14.2. The molecule has 0 radical (unpaired) electrons. The van der Waals surface area contributed by atoms with Gasteiger partial charge in [-0.25, -0.2) is 0 Å². The van der Waals surface area contributed by atoms with E-state index < -0.39 is 5.60 Å². The molecule has 5 nitrogen and oxygen atoms in total. The van der Waals surface area contributed by atoms with Gasteiger partial charge in [-0.2, -0.15) is 0 Å². The molecule has 0 saturated carbocycles. The van der Waals surface area contributed by atoms with Crippen molar-refractivity contribution in [1.82, 2.24) is 9.88 Å². The summed E-state index contributed by atoms with van der Waals surface area (Å²) >= 11 is 0. The minimum Gasteiger partial charge on any atom is -0.388 e. The fourth-order valence-corrected chi connectivity index (χ4v) is 3.11. The van der Waals surface area contributed by atoms with Gasteiger partial charge in [0.1, 0.15) is 0 Å². The van der Waals surface area contributed by atoms with Gasteiger partial charge in [-0.15, -0.1) is 0 Å². The van der Waals surface area contributed by atoms with Gasteiger partial charge in [0, 0.05) is 55.2 Å². The monoisotopic (exact) mass is 328 g/mol. The van der Waals surface area contributed by atoms with Crippen LogP contribution in [0.25, 0.3) is 5.69 Å². The highest BCUT2D eigenvalue weighted by atomic mass is 16.5. The number of hydrogen-bond donors (Lipinski definition) is 2. The minimum absolute atomic E-state index is 0.164. The van der Waals surface area contributed by atoms with Crippen LogP contribution in [0.3, 0.4) is 0 Å². The summed E-state index contributed by atoms with van der Waals surface area (Å²) < 4.78 is 7.39. The van der Waals surface area contributed by atoms with Gasteiger partial charge in [-0.3, -0.25) is 4.79 Å². The average Bonchev–Trinajstić information content (AvgIpc) is 2.92. The van der Waals surface area contributed by atoms with Crippen molar-refractivity contribution in [2.75, 3.05) is 19.8 Å². The van der Waals surface area contributed by atoms with E-state index in [1.807, 2.05) is 24.3 Å². The van der Waals surface area contributed by atoms with Crippen molar-refractivity contribution in [2.45, 2.75) is 32.3 Å². The van der Waals surface area contributed by atoms with E-state index in [0.29, 0.717) is 31.6 Å². The van der Waals surface area contributed by atoms with E-state index in [9.17, 15) is 9.90 Å². The van der Waals surface area contributed by atoms with E-state index in [-0.39, 0.29) is 12.5 Å². The molecule has 1 aromatic heterocycles. The maximum absolute atomic E-state index is 12.3. The molecule has 1 aromatic carbocycles. The molecule has 2 N–H and O–H groups in total. The van der Waals surface area contributed by atoms with Crippen molar-refractivity contribution in [3.8, 4) is 5.69 Å². The third-order valence-electron chi connectivity index (χ3n) is 4.66. The van der Waals surface area contributed by atoms with Crippen LogP contribution in [-0.2, 0) is 4.74 Å². The molecule has 0 aliphatic carbocycles. The molecule has 0 bridgehead atoms. The Balaban J connectivity index is 1.66. The van der Waals surface area contributed by atoms with Gasteiger partial charge >= 0.3 is 0 Å². The van der Waals surface area contributed by atoms with Crippen molar-refractivity contribution < 1.29 is 14.6 Å². The van der Waals surface area contributed by atoms with Crippen molar-refractivity contribution in [2.24, 2.45) is 0 Å². The van der Waals surface area contributed by atoms with Crippen molar-refractivity contribution in [1.29, 1.82) is 0 Å². The van der Waals surface area contributed by atoms with E-state index in [4.69, 9.17) is 4.74 Å². The number of hydrogen-bond acceptors (Lipinski definition) is 3. The lowest BCUT2D eigenvalue weighted by Gasteiger charge is -2.32. The highest BCUT2D eigenvalue weighted by Crippen LogP contribution is 2.20. The second-order valence-corrected chi connectivity index (χ2v) is 6.52. The number of aliphatic hydroxyl groups is 1. The van der Waals surface area contributed by atoms with Gasteiger partial charge in [0.2, 0.25) is 0 Å². The lowest BCUT2D eigenvalue weighted by Crippen LogP contribution is -2.46. The second kappa shape index (κ2) is 6.79. The van der Waals surface area contributed by atoms with E-state index >= 15 is 0 Å². The molecule has 3 rings (SSSR count). The predicted octanol–water partition coefficient (Wildman–Crippen LogP) is 2.37. The number of amides is 1. The number of rotatable bonds is 4. The Morgan fingerprint density at radius 1 is 1.12 bits per heavy atom. The van der Waals surface area contributed by atoms with Crippen molar-refractivity contribution in [3.63, 3.8) is 0 Å². The minimum atomic E-state index is -0.854. The van der Waals surface area contributed by atoms with Crippen LogP contribution >= 0.6 is 0 Å². The number of aromatic nitrogens is 1. The summed E-state index contributed by atoms with van der Waals surface area (Å²) in [6.45, 7) is 5.45. The Labute approximate surface area is 142 Å². The summed E-state index contributed by atoms with van der Waals surface area (Å²) in [5.41, 5.74) is 3.09. The van der Waals surface area contributed by atoms with Crippen LogP contribution in [0.4, 0.5) is 0 Å². The number of benzene rings is 1. The van der Waals surface area contributed by atoms with E-state index in [0.717, 1.165) is 17.1 Å². The molecule has 2 heterocycles. The molecule has 0 atom stereocenters. The maximum Gasteiger partial charge on any atom is 0.251 e. The van der Waals surface area contributed by atoms with Gasteiger partial charge in [0.15, 0.2) is 0 Å². The summed E-state index contributed by atoms with van der Waals surface area (Å²) in [4.78, 5) is 12.3. The molecule has 1 saturated heterocycles. The molecule has 0 unspecified atom stereocenters. The summed E-state index contributed by atoms with van der Waals surface area (Å²) in [5.74, 6) is -0.164. The maximum atomic E-state index is 12.3. The molecule has 1 amide bonds. The van der Waals surface area contributed by atoms with Gasteiger partial charge < -0.3 is 19.7 Å². The number of aryl methyl sites for hydroxylation is 2. The highest BCUT2D eigenvalue weighted by molar-refractivity contribution is 5.94. The quantitative estimate of drug-likeness (QED) is 0.906. The van der Waals surface area contributed by atoms with Crippen LogP contribution in [0, 0.1) is 13.8 Å². The molecule has 128 valence electrons. The Morgan fingerprint density at radius 2 is 1.71 bits per heavy atom. The first kappa shape index (κ1) is 16.7. The van der Waals surface area contributed by atoms with Crippen molar-refractivity contribution >= 4 is 5.91 Å². The summed E-state index contributed by atoms with van der Waals surface area (Å²) in [5, 5.41) is 13.2. The molecular formula is C19H24N2O3. The van der Waals surface area contributed by atoms with Crippen LogP contribution in [-0.4, -0.2) is 40.9 Å². The lowest BCUT2D eigenvalue weighted by atomic mass is 9.94. The third-order valence-corrected chi connectivity index (χ3v) is 4.66. The SMILES string of the molecule is Cc1ccc(C)n1-c1ccc(C(=O)NCC2(O)CCOCC2)cc1. The van der Waals surface area contributed by atoms with Crippen LogP contribution in [0.1, 0.15) is 34.6 Å². The largest absolute Gasteiger partial charge is 0.388 e. The van der Waals surface area contributed by atoms with Gasteiger partial charge in [-0.1, -0.05) is 0 Å². The molecule has 24 heavy (non-hydrogen) atoms. The van der Waals surface area contributed by atoms with E-state index in [1.54, 1.807) is 0 Å². The number of nitrogens with one attached hydrogen (secondary N) is 1. The molecular weight excluding hydrogens is 304 g/mol. The Hall–Kier alpha value is -2.11. The molecule has 0 spiro atoms. The standard InChI is InChI=1S/C19H24N2O3/c1-14-3-4-15(2)21(14)17-7-5-16(6-8-17)18(22)20-13-19(23)9-11-24-12-10-19/h3-8,23H,9-13H2,1-2H3,(H,20,22). The zero-order chi connectivity index (χ0) is 17.2. The first-order chi connectivity index (χ1) is 11.5. The molecule has 5 heteroatoms. The first-order valence-corrected chi connectivity index (χ1v) is 8.32. The Morgan fingerprint density at radius 3 is 2.29 bits per heavy atom.